The molecule has 0 spiro atoms. The van der Waals surface area contributed by atoms with Crippen molar-refractivity contribution in [3.05, 3.63) is 10.8 Å². The molecule has 2 atom stereocenters. The molecule has 1 saturated heterocycles. The van der Waals surface area contributed by atoms with Crippen LogP contribution in [0.15, 0.2) is 0 Å². The molecule has 1 fully saturated rings. The predicted molar refractivity (Wildman–Crippen MR) is 68.4 cm³/mol. The van der Waals surface area contributed by atoms with Crippen molar-refractivity contribution in [3.8, 4) is 0 Å². The highest BCUT2D eigenvalue weighted by Crippen LogP contribution is 2.29. The Bertz CT molecular complexity index is 531. The summed E-state index contributed by atoms with van der Waals surface area (Å²) in [6.45, 7) is 2.92. The van der Waals surface area contributed by atoms with Crippen molar-refractivity contribution in [2.24, 2.45) is 5.73 Å². The van der Waals surface area contributed by atoms with Gasteiger partial charge in [-0.05, 0) is 19.3 Å². The van der Waals surface area contributed by atoms with Crippen molar-refractivity contribution in [1.82, 2.24) is 19.8 Å². The number of ether oxygens (including phenoxy) is 1. The van der Waals surface area contributed by atoms with Crippen LogP contribution >= 0.6 is 11.3 Å². The third-order valence-corrected chi connectivity index (χ3v) is 4.20. The van der Waals surface area contributed by atoms with Crippen LogP contribution in [0.4, 0.5) is 0 Å². The van der Waals surface area contributed by atoms with E-state index >= 15 is 0 Å². The molecule has 3 heterocycles. The maximum atomic E-state index is 6.09. The van der Waals surface area contributed by atoms with Crippen LogP contribution in [-0.4, -0.2) is 26.4 Å². The number of hydrogen-bond donors (Lipinski definition) is 1. The number of hydrogen-bond acceptors (Lipinski definition) is 6. The molecule has 1 aliphatic heterocycles. The predicted octanol–water partition coefficient (Wildman–Crippen LogP) is 1.84. The first-order chi connectivity index (χ1) is 8.79. The van der Waals surface area contributed by atoms with Crippen molar-refractivity contribution < 1.29 is 4.74 Å². The van der Waals surface area contributed by atoms with Crippen LogP contribution in [0, 0.1) is 0 Å². The maximum Gasteiger partial charge on any atom is 0.234 e. The van der Waals surface area contributed by atoms with E-state index in [9.17, 15) is 0 Å². The van der Waals surface area contributed by atoms with E-state index in [4.69, 9.17) is 10.5 Å². The summed E-state index contributed by atoms with van der Waals surface area (Å²) in [5, 5.41) is 13.8. The topological polar surface area (TPSA) is 78.3 Å². The van der Waals surface area contributed by atoms with E-state index in [0.717, 1.165) is 48.1 Å². The monoisotopic (exact) mass is 267 g/mol. The van der Waals surface area contributed by atoms with E-state index in [0.29, 0.717) is 0 Å². The fourth-order valence-corrected chi connectivity index (χ4v) is 3.09. The number of rotatable bonds is 4. The smallest absolute Gasteiger partial charge is 0.234 e. The Hall–Kier alpha value is -1.05. The van der Waals surface area contributed by atoms with E-state index in [-0.39, 0.29) is 12.1 Å². The molecule has 3 rings (SSSR count). The van der Waals surface area contributed by atoms with Gasteiger partial charge in [-0.1, -0.05) is 24.7 Å². The van der Waals surface area contributed by atoms with Crippen LogP contribution in [0.3, 0.4) is 0 Å². The lowest BCUT2D eigenvalue weighted by Crippen LogP contribution is -2.11. The molecule has 1 aliphatic rings. The van der Waals surface area contributed by atoms with Crippen LogP contribution in [0.5, 0.6) is 0 Å². The standard InChI is InChI=1S/C11H17N5OS/c1-2-4-7(12)10-15-16-9(8-5-3-6-17-8)13-14-11(16)18-10/h7-8H,2-6,12H2,1H3. The Morgan fingerprint density at radius 3 is 3.17 bits per heavy atom. The molecule has 98 valence electrons. The van der Waals surface area contributed by atoms with Gasteiger partial charge in [-0.3, -0.25) is 0 Å². The van der Waals surface area contributed by atoms with Crippen molar-refractivity contribution in [2.75, 3.05) is 6.61 Å². The van der Waals surface area contributed by atoms with Crippen molar-refractivity contribution >= 4 is 16.3 Å². The van der Waals surface area contributed by atoms with Gasteiger partial charge in [0.25, 0.3) is 0 Å². The van der Waals surface area contributed by atoms with Gasteiger partial charge in [0.2, 0.25) is 4.96 Å². The quantitative estimate of drug-likeness (QED) is 0.914. The number of aromatic nitrogens is 4. The fraction of sp³-hybridized carbons (Fsp3) is 0.727. The van der Waals surface area contributed by atoms with Crippen LogP contribution < -0.4 is 5.73 Å². The minimum absolute atomic E-state index is 0.000883. The third kappa shape index (κ3) is 2.02. The van der Waals surface area contributed by atoms with Gasteiger partial charge in [-0.2, -0.15) is 9.61 Å². The van der Waals surface area contributed by atoms with Gasteiger partial charge in [-0.15, -0.1) is 10.2 Å². The number of nitrogens with zero attached hydrogens (tertiary/aromatic N) is 4. The summed E-state index contributed by atoms with van der Waals surface area (Å²) in [6.07, 6.45) is 4.11. The zero-order valence-corrected chi connectivity index (χ0v) is 11.2. The first-order valence-corrected chi connectivity index (χ1v) is 7.20. The molecular weight excluding hydrogens is 250 g/mol. The van der Waals surface area contributed by atoms with Crippen LogP contribution in [0.2, 0.25) is 0 Å². The Kier molecular flexibility index (Phi) is 3.27. The lowest BCUT2D eigenvalue weighted by Gasteiger charge is -2.06. The second-order valence-corrected chi connectivity index (χ2v) is 5.58. The Balaban J connectivity index is 1.92. The zero-order valence-electron chi connectivity index (χ0n) is 10.4. The first-order valence-electron chi connectivity index (χ1n) is 6.38. The first kappa shape index (κ1) is 12.0. The van der Waals surface area contributed by atoms with E-state index in [1.807, 2.05) is 0 Å². The van der Waals surface area contributed by atoms with Crippen molar-refractivity contribution in [2.45, 2.75) is 44.8 Å². The maximum absolute atomic E-state index is 6.09. The highest BCUT2D eigenvalue weighted by molar-refractivity contribution is 7.16. The van der Waals surface area contributed by atoms with Gasteiger partial charge in [0.1, 0.15) is 11.1 Å². The zero-order chi connectivity index (χ0) is 12.5. The van der Waals surface area contributed by atoms with Gasteiger partial charge >= 0.3 is 0 Å². The Morgan fingerprint density at radius 1 is 1.56 bits per heavy atom. The minimum Gasteiger partial charge on any atom is -0.370 e. The summed E-state index contributed by atoms with van der Waals surface area (Å²) in [4.78, 5) is 0.807. The van der Waals surface area contributed by atoms with Gasteiger partial charge < -0.3 is 10.5 Å². The Morgan fingerprint density at radius 2 is 2.44 bits per heavy atom. The SMILES string of the molecule is CCCC(N)c1nn2c(C3CCCO3)nnc2s1. The molecule has 0 saturated carbocycles. The number of fused-ring (bicyclic) bond motifs is 1. The Labute approximate surface area is 109 Å². The van der Waals surface area contributed by atoms with Crippen LogP contribution in [-0.2, 0) is 4.74 Å². The second kappa shape index (κ2) is 4.91. The molecule has 0 amide bonds. The summed E-state index contributed by atoms with van der Waals surface area (Å²) in [6, 6.07) is -0.000883. The average molecular weight is 267 g/mol. The molecule has 6 nitrogen and oxygen atoms in total. The summed E-state index contributed by atoms with van der Waals surface area (Å²) in [5.74, 6) is 0.814. The largest absolute Gasteiger partial charge is 0.370 e. The lowest BCUT2D eigenvalue weighted by atomic mass is 10.2. The van der Waals surface area contributed by atoms with Gasteiger partial charge in [0, 0.05) is 6.61 Å². The van der Waals surface area contributed by atoms with Crippen LogP contribution in [0.1, 0.15) is 55.6 Å². The fourth-order valence-electron chi connectivity index (χ4n) is 2.21. The van der Waals surface area contributed by atoms with E-state index < -0.39 is 0 Å². The minimum atomic E-state index is -0.000883. The normalized spacial score (nSPS) is 21.8. The van der Waals surface area contributed by atoms with E-state index in [1.54, 1.807) is 4.52 Å². The van der Waals surface area contributed by atoms with Crippen molar-refractivity contribution in [1.29, 1.82) is 0 Å². The molecule has 0 aliphatic carbocycles. The molecule has 2 unspecified atom stereocenters. The molecule has 0 bridgehead atoms. The highest BCUT2D eigenvalue weighted by atomic mass is 32.1. The molecule has 0 aromatic carbocycles. The lowest BCUT2D eigenvalue weighted by molar-refractivity contribution is 0.103. The van der Waals surface area contributed by atoms with Gasteiger partial charge in [0.05, 0.1) is 6.04 Å². The molecule has 2 aromatic rings. The van der Waals surface area contributed by atoms with Gasteiger partial charge in [0.15, 0.2) is 5.82 Å². The summed E-state index contributed by atoms with van der Waals surface area (Å²) in [7, 11) is 0. The average Bonchev–Trinajstić information content (AvgIpc) is 3.04. The molecule has 0 radical (unpaired) electrons. The van der Waals surface area contributed by atoms with E-state index in [2.05, 4.69) is 22.2 Å². The molecule has 18 heavy (non-hydrogen) atoms. The van der Waals surface area contributed by atoms with Crippen molar-refractivity contribution in [3.63, 3.8) is 0 Å². The second-order valence-electron chi connectivity index (χ2n) is 4.59. The summed E-state index contributed by atoms with van der Waals surface area (Å²) in [5.41, 5.74) is 6.09. The van der Waals surface area contributed by atoms with Crippen LogP contribution in [0.25, 0.3) is 4.96 Å². The molecular formula is C11H17N5OS. The number of nitrogens with two attached hydrogens (primary N) is 1. The molecule has 7 heteroatoms. The third-order valence-electron chi connectivity index (χ3n) is 3.17. The highest BCUT2D eigenvalue weighted by Gasteiger charge is 2.25. The molecule has 2 aromatic heterocycles. The summed E-state index contributed by atoms with van der Waals surface area (Å²) >= 11 is 1.52. The summed E-state index contributed by atoms with van der Waals surface area (Å²) < 4.78 is 7.43. The van der Waals surface area contributed by atoms with Gasteiger partial charge in [-0.25, -0.2) is 0 Å². The molecule has 2 N–H and O–H groups in total. The van der Waals surface area contributed by atoms with E-state index in [1.165, 1.54) is 11.3 Å².